The zero-order chi connectivity index (χ0) is 12.0. The van der Waals surface area contributed by atoms with E-state index in [0.717, 1.165) is 11.3 Å². The molecule has 5 nitrogen and oxygen atoms in total. The Hall–Kier alpha value is -1.60. The first-order valence-electron chi connectivity index (χ1n) is 4.61. The van der Waals surface area contributed by atoms with Crippen molar-refractivity contribution in [2.45, 2.75) is 0 Å². The fourth-order valence-corrected chi connectivity index (χ4v) is 2.84. The van der Waals surface area contributed by atoms with Gasteiger partial charge in [0.1, 0.15) is 10.6 Å². The molecule has 3 aromatic rings. The van der Waals surface area contributed by atoms with Crippen molar-refractivity contribution in [2.24, 2.45) is 0 Å². The van der Waals surface area contributed by atoms with E-state index in [4.69, 9.17) is 9.52 Å². The Morgan fingerprint density at radius 2 is 2.35 bits per heavy atom. The Morgan fingerprint density at radius 3 is 3.00 bits per heavy atom. The second kappa shape index (κ2) is 3.71. The highest BCUT2D eigenvalue weighted by Crippen LogP contribution is 2.33. The van der Waals surface area contributed by atoms with E-state index in [-0.39, 0.29) is 4.88 Å². The molecule has 86 valence electrons. The summed E-state index contributed by atoms with van der Waals surface area (Å²) in [4.78, 5) is 16.1. The van der Waals surface area contributed by atoms with Crippen molar-refractivity contribution in [2.75, 3.05) is 0 Å². The van der Waals surface area contributed by atoms with Crippen LogP contribution in [0.1, 0.15) is 9.67 Å². The summed E-state index contributed by atoms with van der Waals surface area (Å²) in [6.07, 6.45) is 3.34. The summed E-state index contributed by atoms with van der Waals surface area (Å²) >= 11 is 4.32. The van der Waals surface area contributed by atoms with E-state index < -0.39 is 5.97 Å². The van der Waals surface area contributed by atoms with Crippen LogP contribution < -0.4 is 0 Å². The lowest BCUT2D eigenvalue weighted by atomic mass is 10.3. The number of carboxylic acids is 1. The highest BCUT2D eigenvalue weighted by atomic mass is 79.9. The van der Waals surface area contributed by atoms with Crippen molar-refractivity contribution >= 4 is 38.2 Å². The molecular weight excluding hydrogens is 308 g/mol. The number of hydrogen-bond acceptors (Lipinski definition) is 4. The topological polar surface area (TPSA) is 67.7 Å². The van der Waals surface area contributed by atoms with Crippen LogP contribution in [0.15, 0.2) is 33.6 Å². The number of carbonyl (C=O) groups is 1. The zero-order valence-electron chi connectivity index (χ0n) is 8.25. The Bertz CT molecular complexity index is 712. The van der Waals surface area contributed by atoms with Gasteiger partial charge >= 0.3 is 5.97 Å². The van der Waals surface area contributed by atoms with Crippen molar-refractivity contribution in [1.29, 1.82) is 0 Å². The van der Waals surface area contributed by atoms with Crippen LogP contribution >= 0.6 is 27.3 Å². The largest absolute Gasteiger partial charge is 0.477 e. The quantitative estimate of drug-likeness (QED) is 0.789. The maximum atomic E-state index is 11.2. The summed E-state index contributed by atoms with van der Waals surface area (Å²) in [5, 5.41) is 9.17. The molecule has 0 spiro atoms. The van der Waals surface area contributed by atoms with Crippen LogP contribution in [-0.2, 0) is 0 Å². The molecule has 0 aliphatic heterocycles. The molecule has 3 aromatic heterocycles. The first kappa shape index (κ1) is 10.5. The predicted octanol–water partition coefficient (Wildman–Crippen LogP) is 3.12. The molecule has 0 fully saturated rings. The molecule has 0 aromatic carbocycles. The van der Waals surface area contributed by atoms with E-state index in [9.17, 15) is 4.79 Å². The molecule has 0 radical (unpaired) electrons. The van der Waals surface area contributed by atoms with E-state index in [1.165, 1.54) is 0 Å². The van der Waals surface area contributed by atoms with Crippen LogP contribution in [0.25, 0.3) is 16.4 Å². The standard InChI is InChI=1S/C10H5BrN2O3S/c11-6-2-1-5(16-6)7-8(9(14)15)17-10-12-3-4-13(7)10/h1-4H,(H,14,15). The van der Waals surface area contributed by atoms with Gasteiger partial charge in [-0.25, -0.2) is 9.78 Å². The van der Waals surface area contributed by atoms with Crippen LogP contribution in [0.5, 0.6) is 0 Å². The number of furan rings is 1. The van der Waals surface area contributed by atoms with Crippen molar-refractivity contribution in [3.63, 3.8) is 0 Å². The lowest BCUT2D eigenvalue weighted by Gasteiger charge is -1.96. The Morgan fingerprint density at radius 1 is 1.53 bits per heavy atom. The molecule has 0 saturated carbocycles. The second-order valence-corrected chi connectivity index (χ2v) is 5.03. The molecule has 0 amide bonds. The summed E-state index contributed by atoms with van der Waals surface area (Å²) in [5.41, 5.74) is 0.515. The lowest BCUT2D eigenvalue weighted by Crippen LogP contribution is -1.96. The number of rotatable bonds is 2. The molecule has 0 atom stereocenters. The molecule has 0 unspecified atom stereocenters. The van der Waals surface area contributed by atoms with E-state index in [2.05, 4.69) is 20.9 Å². The molecule has 0 saturated heterocycles. The molecule has 0 aliphatic carbocycles. The fourth-order valence-electron chi connectivity index (χ4n) is 1.60. The number of carboxylic acid groups (broad SMARTS) is 1. The third kappa shape index (κ3) is 1.58. The number of aromatic carboxylic acids is 1. The maximum Gasteiger partial charge on any atom is 0.348 e. The third-order valence-corrected chi connectivity index (χ3v) is 3.74. The monoisotopic (exact) mass is 312 g/mol. The summed E-state index contributed by atoms with van der Waals surface area (Å²) in [5.74, 6) is -0.485. The van der Waals surface area contributed by atoms with E-state index in [1.807, 2.05) is 0 Å². The molecule has 0 bridgehead atoms. The SMILES string of the molecule is O=C(O)c1sc2nccn2c1-c1ccc(Br)o1. The third-order valence-electron chi connectivity index (χ3n) is 2.26. The van der Waals surface area contributed by atoms with Gasteiger partial charge < -0.3 is 9.52 Å². The predicted molar refractivity (Wildman–Crippen MR) is 65.4 cm³/mol. The number of imidazole rings is 1. The molecule has 3 heterocycles. The summed E-state index contributed by atoms with van der Waals surface area (Å²) < 4.78 is 7.67. The number of thiazole rings is 1. The molecule has 0 aliphatic rings. The average Bonchev–Trinajstić information content (AvgIpc) is 2.90. The minimum atomic E-state index is -0.983. The number of nitrogens with zero attached hydrogens (tertiary/aromatic N) is 2. The minimum Gasteiger partial charge on any atom is -0.477 e. The highest BCUT2D eigenvalue weighted by molar-refractivity contribution is 9.10. The molecule has 3 rings (SSSR count). The van der Waals surface area contributed by atoms with Crippen molar-refractivity contribution in [1.82, 2.24) is 9.38 Å². The van der Waals surface area contributed by atoms with Gasteiger partial charge in [-0.3, -0.25) is 4.40 Å². The van der Waals surface area contributed by atoms with Gasteiger partial charge in [-0.1, -0.05) is 11.3 Å². The zero-order valence-corrected chi connectivity index (χ0v) is 10.7. The van der Waals surface area contributed by atoms with Crippen LogP contribution in [0.4, 0.5) is 0 Å². The van der Waals surface area contributed by atoms with Crippen LogP contribution in [0, 0.1) is 0 Å². The first-order chi connectivity index (χ1) is 8.16. The van der Waals surface area contributed by atoms with Gasteiger partial charge in [0.05, 0.1) is 0 Å². The Balaban J connectivity index is 2.35. The van der Waals surface area contributed by atoms with E-state index in [1.54, 1.807) is 28.9 Å². The average molecular weight is 313 g/mol. The van der Waals surface area contributed by atoms with Gasteiger partial charge in [0.25, 0.3) is 0 Å². The van der Waals surface area contributed by atoms with Crippen molar-refractivity contribution < 1.29 is 14.3 Å². The molecular formula is C10H5BrN2O3S. The summed E-state index contributed by atoms with van der Waals surface area (Å²) in [6.45, 7) is 0. The van der Waals surface area contributed by atoms with Gasteiger partial charge in [-0.15, -0.1) is 0 Å². The van der Waals surface area contributed by atoms with Crippen LogP contribution in [0.3, 0.4) is 0 Å². The van der Waals surface area contributed by atoms with Gasteiger partial charge in [0.15, 0.2) is 15.4 Å². The van der Waals surface area contributed by atoms with E-state index >= 15 is 0 Å². The normalized spacial score (nSPS) is 11.1. The van der Waals surface area contributed by atoms with Crippen molar-refractivity contribution in [3.05, 3.63) is 34.1 Å². The Kier molecular flexibility index (Phi) is 2.30. The summed E-state index contributed by atoms with van der Waals surface area (Å²) in [6, 6.07) is 3.44. The lowest BCUT2D eigenvalue weighted by molar-refractivity contribution is 0.0702. The molecule has 17 heavy (non-hydrogen) atoms. The first-order valence-corrected chi connectivity index (χ1v) is 6.22. The smallest absolute Gasteiger partial charge is 0.348 e. The van der Waals surface area contributed by atoms with Crippen molar-refractivity contribution in [3.8, 4) is 11.5 Å². The van der Waals surface area contributed by atoms with Gasteiger partial charge in [-0.05, 0) is 28.1 Å². The minimum absolute atomic E-state index is 0.218. The molecule has 1 N–H and O–H groups in total. The van der Waals surface area contributed by atoms with Crippen LogP contribution in [0.2, 0.25) is 0 Å². The number of halogens is 1. The number of hydrogen-bond donors (Lipinski definition) is 1. The summed E-state index contributed by atoms with van der Waals surface area (Å²) in [7, 11) is 0. The number of fused-ring (bicyclic) bond motifs is 1. The molecule has 7 heteroatoms. The second-order valence-electron chi connectivity index (χ2n) is 3.27. The number of aromatic nitrogens is 2. The maximum absolute atomic E-state index is 11.2. The van der Waals surface area contributed by atoms with Crippen LogP contribution in [-0.4, -0.2) is 20.5 Å². The van der Waals surface area contributed by atoms with Gasteiger partial charge in [0.2, 0.25) is 0 Å². The Labute approximate surface area is 107 Å². The van der Waals surface area contributed by atoms with Gasteiger partial charge in [0, 0.05) is 12.4 Å². The van der Waals surface area contributed by atoms with Gasteiger partial charge in [-0.2, -0.15) is 0 Å². The highest BCUT2D eigenvalue weighted by Gasteiger charge is 2.22. The fraction of sp³-hybridized carbons (Fsp3) is 0. The van der Waals surface area contributed by atoms with E-state index in [0.29, 0.717) is 21.1 Å².